The van der Waals surface area contributed by atoms with Crippen molar-refractivity contribution in [1.82, 2.24) is 0 Å². The summed E-state index contributed by atoms with van der Waals surface area (Å²) in [7, 11) is -4.03. The van der Waals surface area contributed by atoms with Crippen molar-refractivity contribution >= 4 is 43.9 Å². The van der Waals surface area contributed by atoms with E-state index >= 15 is 0 Å². The molecule has 0 saturated carbocycles. The molecule has 8 nitrogen and oxygen atoms in total. The predicted octanol–water partition coefficient (Wildman–Crippen LogP) is 7.82. The molecule has 0 spiro atoms. The lowest BCUT2D eigenvalue weighted by Gasteiger charge is -2.43. The van der Waals surface area contributed by atoms with Crippen molar-refractivity contribution in [1.29, 1.82) is 0 Å². The highest BCUT2D eigenvalue weighted by atomic mass is 32.2. The van der Waals surface area contributed by atoms with Crippen LogP contribution in [0.15, 0.2) is 83.6 Å². The van der Waals surface area contributed by atoms with E-state index in [2.05, 4.69) is 90.1 Å². The summed E-state index contributed by atoms with van der Waals surface area (Å²) in [5, 5.41) is 11.6. The number of ether oxygens (including phenoxy) is 1. The second-order valence-electron chi connectivity index (χ2n) is 15.3. The summed E-state index contributed by atoms with van der Waals surface area (Å²) in [6.45, 7) is 6.45. The lowest BCUT2D eigenvalue weighted by atomic mass is 9.69. The Hall–Kier alpha value is -3.79. The molecule has 0 saturated heterocycles. The number of rotatable bonds is 11. The van der Waals surface area contributed by atoms with E-state index in [1.165, 1.54) is 55.8 Å². The maximum atomic E-state index is 11.7. The molecule has 0 amide bonds. The van der Waals surface area contributed by atoms with Crippen LogP contribution in [0.1, 0.15) is 89.2 Å². The van der Waals surface area contributed by atoms with Crippen LogP contribution >= 0.6 is 0 Å². The van der Waals surface area contributed by atoms with Crippen molar-refractivity contribution in [3.05, 3.63) is 94.7 Å². The van der Waals surface area contributed by atoms with Crippen LogP contribution in [-0.2, 0) is 30.5 Å². The molecule has 4 unspecified atom stereocenters. The van der Waals surface area contributed by atoms with E-state index in [1.807, 2.05) is 0 Å². The summed E-state index contributed by atoms with van der Waals surface area (Å²) in [5.41, 5.74) is 9.59. The minimum absolute atomic E-state index is 0.00780. The quantitative estimate of drug-likeness (QED) is 0.120. The number of hydrogen-bond acceptors (Lipinski definition) is 5. The van der Waals surface area contributed by atoms with Gasteiger partial charge in [-0.1, -0.05) is 61.7 Å². The number of hydrogen-bond donors (Lipinski definition) is 2. The first-order chi connectivity index (χ1) is 24.0. The smallest absolute Gasteiger partial charge is 0.303 e. The van der Waals surface area contributed by atoms with Crippen LogP contribution in [-0.4, -0.2) is 65.4 Å². The van der Waals surface area contributed by atoms with Crippen LogP contribution < -0.4 is 4.90 Å². The van der Waals surface area contributed by atoms with Gasteiger partial charge in [-0.3, -0.25) is 9.35 Å². The van der Waals surface area contributed by atoms with Gasteiger partial charge in [0.25, 0.3) is 10.1 Å². The van der Waals surface area contributed by atoms with Crippen molar-refractivity contribution in [3.8, 4) is 0 Å². The van der Waals surface area contributed by atoms with Crippen LogP contribution in [0.25, 0.3) is 10.8 Å². The van der Waals surface area contributed by atoms with Gasteiger partial charge in [-0.2, -0.15) is 13.0 Å². The Balaban J connectivity index is 1.25. The number of benzene rings is 3. The van der Waals surface area contributed by atoms with Gasteiger partial charge in [0.15, 0.2) is 12.3 Å². The molecule has 3 aromatic rings. The minimum atomic E-state index is -4.03. The number of para-hydroxylation sites is 1. The second-order valence-corrected chi connectivity index (χ2v) is 16.9. The van der Waals surface area contributed by atoms with E-state index < -0.39 is 16.1 Å². The lowest BCUT2D eigenvalue weighted by Crippen LogP contribution is -2.48. The Bertz CT molecular complexity index is 2100. The average molecular weight is 696 g/mol. The van der Waals surface area contributed by atoms with Crippen LogP contribution in [0.2, 0.25) is 0 Å². The normalized spacial score (nSPS) is 26.6. The molecule has 5 heterocycles. The van der Waals surface area contributed by atoms with Crippen LogP contribution in [0.5, 0.6) is 0 Å². The number of fused-ring (bicyclic) bond motifs is 10. The van der Waals surface area contributed by atoms with Gasteiger partial charge in [-0.05, 0) is 80.5 Å². The Morgan fingerprint density at radius 2 is 1.68 bits per heavy atom. The number of unbranched alkanes of at least 4 members (excludes halogenated alkanes) is 3. The third-order valence-corrected chi connectivity index (χ3v) is 12.9. The highest BCUT2D eigenvalue weighted by Gasteiger charge is 2.56. The first-order valence-electron chi connectivity index (χ1n) is 18.3. The van der Waals surface area contributed by atoms with Gasteiger partial charge in [0, 0.05) is 59.0 Å². The molecule has 0 aromatic heterocycles. The van der Waals surface area contributed by atoms with E-state index in [9.17, 15) is 22.9 Å². The number of nitrogens with zero attached hydrogens (tertiary/aromatic N) is 2. The maximum Gasteiger partial charge on any atom is 0.303 e. The summed E-state index contributed by atoms with van der Waals surface area (Å²) >= 11 is 0. The lowest BCUT2D eigenvalue weighted by molar-refractivity contribution is -0.445. The van der Waals surface area contributed by atoms with Crippen LogP contribution in [0.3, 0.4) is 0 Å². The van der Waals surface area contributed by atoms with Gasteiger partial charge >= 0.3 is 5.97 Å². The zero-order valence-electron chi connectivity index (χ0n) is 29.0. The molecule has 0 radical (unpaired) electrons. The fourth-order valence-corrected chi connectivity index (χ4v) is 10.6. The molecule has 0 bridgehead atoms. The number of aliphatic carboxylic acids is 1. The molecular weight excluding hydrogens is 649 g/mol. The topological polar surface area (TPSA) is 107 Å². The summed E-state index contributed by atoms with van der Waals surface area (Å²) < 4.78 is 42.5. The van der Waals surface area contributed by atoms with Crippen molar-refractivity contribution in [2.45, 2.75) is 101 Å². The highest BCUT2D eigenvalue weighted by molar-refractivity contribution is 7.85. The fourth-order valence-electron chi connectivity index (χ4n) is 10.0. The van der Waals surface area contributed by atoms with Crippen molar-refractivity contribution in [3.63, 3.8) is 0 Å². The number of anilines is 1. The molecule has 4 atom stereocenters. The monoisotopic (exact) mass is 695 g/mol. The van der Waals surface area contributed by atoms with Crippen LogP contribution in [0, 0.1) is 0 Å². The van der Waals surface area contributed by atoms with E-state index in [0.29, 0.717) is 19.3 Å². The van der Waals surface area contributed by atoms with Gasteiger partial charge in [0.1, 0.15) is 0 Å². The maximum absolute atomic E-state index is 11.7. The summed E-state index contributed by atoms with van der Waals surface area (Å²) in [5.74, 6) is -0.969. The standard InChI is InChI=1S/C41H46N2O6S/c1-40(21-9-3-4-16-36(44)45)31-14-7-8-15-32(31)42-23-19-34-29(38(40)42)26-30-35(49-34)20-24-43-33-18-17-27-12-5-6-13-28(27)37(33)41(2,39(30)43)22-10-11-25-50(46,47)48/h5-8,12-15,17-18,26,34-35H,3-4,9-11,16,19-25H2,1-2H3,(H-,44,45,46,47,48)/p+1. The summed E-state index contributed by atoms with van der Waals surface area (Å²) in [6.07, 6.45) is 9.73. The third-order valence-electron chi connectivity index (χ3n) is 12.1. The third kappa shape index (κ3) is 5.44. The fraction of sp³-hybridized carbons (Fsp3) is 0.463. The molecule has 0 aliphatic carbocycles. The molecule has 2 N–H and O–H groups in total. The molecule has 50 heavy (non-hydrogen) atoms. The number of carbonyl (C=O) groups is 1. The molecule has 9 heteroatoms. The number of carboxylic acids is 1. The SMILES string of the molecule is CC1(CCCCCC(=O)O)C2=C3C=C4C5=[N+](CCC4OC3CCN2c2ccccc21)c1ccc2ccccc2c1C5(C)CCCCS(=O)(=O)O. The highest BCUT2D eigenvalue weighted by Crippen LogP contribution is 2.56. The Morgan fingerprint density at radius 3 is 2.50 bits per heavy atom. The largest absolute Gasteiger partial charge is 0.481 e. The van der Waals surface area contributed by atoms with E-state index in [0.717, 1.165) is 51.6 Å². The molecular formula is C41H47N2O6S+. The molecule has 3 aromatic carbocycles. The molecule has 0 fully saturated rings. The Morgan fingerprint density at radius 1 is 0.920 bits per heavy atom. The van der Waals surface area contributed by atoms with Gasteiger partial charge in [0.2, 0.25) is 5.69 Å². The predicted molar refractivity (Wildman–Crippen MR) is 196 cm³/mol. The second kappa shape index (κ2) is 12.5. The number of carboxylic acid groups (broad SMARTS) is 1. The molecule has 5 aliphatic heterocycles. The Labute approximate surface area is 294 Å². The summed E-state index contributed by atoms with van der Waals surface area (Å²) in [4.78, 5) is 13.7. The Kier molecular flexibility index (Phi) is 8.31. The van der Waals surface area contributed by atoms with E-state index in [4.69, 9.17) is 4.74 Å². The minimum Gasteiger partial charge on any atom is -0.481 e. The molecule has 262 valence electrons. The van der Waals surface area contributed by atoms with E-state index in [1.54, 1.807) is 0 Å². The van der Waals surface area contributed by atoms with Gasteiger partial charge in [0.05, 0.1) is 23.4 Å². The van der Waals surface area contributed by atoms with Crippen molar-refractivity contribution in [2.24, 2.45) is 0 Å². The van der Waals surface area contributed by atoms with Gasteiger partial charge < -0.3 is 14.7 Å². The van der Waals surface area contributed by atoms with Gasteiger partial charge in [-0.15, -0.1) is 0 Å². The zero-order chi connectivity index (χ0) is 34.8. The summed E-state index contributed by atoms with van der Waals surface area (Å²) in [6, 6.07) is 21.8. The zero-order valence-corrected chi connectivity index (χ0v) is 29.8. The van der Waals surface area contributed by atoms with Crippen molar-refractivity contribution < 1.29 is 32.2 Å². The van der Waals surface area contributed by atoms with Crippen molar-refractivity contribution in [2.75, 3.05) is 23.7 Å². The number of allylic oxidation sites excluding steroid dienone is 1. The molecule has 5 aliphatic rings. The molecule has 8 rings (SSSR count). The van der Waals surface area contributed by atoms with Gasteiger partial charge in [-0.25, -0.2) is 0 Å². The first kappa shape index (κ1) is 33.4. The van der Waals surface area contributed by atoms with Crippen LogP contribution in [0.4, 0.5) is 11.4 Å². The first-order valence-corrected chi connectivity index (χ1v) is 19.9. The van der Waals surface area contributed by atoms with E-state index in [-0.39, 0.29) is 35.2 Å². The average Bonchev–Trinajstić information content (AvgIpc) is 3.51.